The SMILES string of the molecule is CCCCC(=O)N(CCC(=O)OC)CC1CCCO1. The second kappa shape index (κ2) is 8.91. The zero-order valence-electron chi connectivity index (χ0n) is 12.0. The van der Waals surface area contributed by atoms with Gasteiger partial charge in [-0.1, -0.05) is 13.3 Å². The zero-order valence-corrected chi connectivity index (χ0v) is 12.0. The van der Waals surface area contributed by atoms with Gasteiger partial charge in [-0.05, 0) is 19.3 Å². The number of ether oxygens (including phenoxy) is 2. The van der Waals surface area contributed by atoms with Crippen molar-refractivity contribution < 1.29 is 19.1 Å². The van der Waals surface area contributed by atoms with E-state index in [1.54, 1.807) is 4.90 Å². The van der Waals surface area contributed by atoms with Crippen LogP contribution in [0.25, 0.3) is 0 Å². The third kappa shape index (κ3) is 6.05. The molecule has 1 fully saturated rings. The summed E-state index contributed by atoms with van der Waals surface area (Å²) in [6, 6.07) is 0. The Kier molecular flexibility index (Phi) is 7.48. The van der Waals surface area contributed by atoms with Crippen LogP contribution in [0.1, 0.15) is 45.4 Å². The topological polar surface area (TPSA) is 55.8 Å². The molecule has 1 rings (SSSR count). The van der Waals surface area contributed by atoms with Crippen molar-refractivity contribution in [2.24, 2.45) is 0 Å². The molecule has 0 bridgehead atoms. The Morgan fingerprint density at radius 3 is 2.74 bits per heavy atom. The summed E-state index contributed by atoms with van der Waals surface area (Å²) in [4.78, 5) is 25.1. The van der Waals surface area contributed by atoms with Gasteiger partial charge in [0.15, 0.2) is 0 Å². The van der Waals surface area contributed by atoms with E-state index in [2.05, 4.69) is 11.7 Å². The van der Waals surface area contributed by atoms with Crippen LogP contribution in [-0.2, 0) is 19.1 Å². The molecule has 19 heavy (non-hydrogen) atoms. The van der Waals surface area contributed by atoms with Crippen molar-refractivity contribution in [1.82, 2.24) is 4.90 Å². The van der Waals surface area contributed by atoms with Crippen molar-refractivity contribution >= 4 is 11.9 Å². The van der Waals surface area contributed by atoms with Gasteiger partial charge in [0.05, 0.1) is 19.6 Å². The number of hydrogen-bond acceptors (Lipinski definition) is 4. The van der Waals surface area contributed by atoms with Crippen LogP contribution < -0.4 is 0 Å². The Labute approximate surface area is 115 Å². The third-order valence-corrected chi connectivity index (χ3v) is 3.36. The van der Waals surface area contributed by atoms with Crippen LogP contribution >= 0.6 is 0 Å². The first-order valence-corrected chi connectivity index (χ1v) is 7.13. The van der Waals surface area contributed by atoms with Crippen molar-refractivity contribution in [3.63, 3.8) is 0 Å². The van der Waals surface area contributed by atoms with E-state index >= 15 is 0 Å². The van der Waals surface area contributed by atoms with Crippen LogP contribution in [0.4, 0.5) is 0 Å². The fourth-order valence-electron chi connectivity index (χ4n) is 2.17. The molecule has 5 nitrogen and oxygen atoms in total. The minimum absolute atomic E-state index is 0.112. The predicted octanol–water partition coefficient (Wildman–Crippen LogP) is 1.75. The van der Waals surface area contributed by atoms with Crippen LogP contribution in [-0.4, -0.2) is 49.7 Å². The Hall–Kier alpha value is -1.10. The summed E-state index contributed by atoms with van der Waals surface area (Å²) in [6.07, 6.45) is 4.86. The maximum absolute atomic E-state index is 12.1. The number of unbranched alkanes of at least 4 members (excludes halogenated alkanes) is 1. The molecule has 0 aliphatic carbocycles. The van der Waals surface area contributed by atoms with Gasteiger partial charge in [-0.25, -0.2) is 0 Å². The van der Waals surface area contributed by atoms with E-state index < -0.39 is 0 Å². The molecule has 0 saturated carbocycles. The molecule has 1 heterocycles. The number of amides is 1. The minimum Gasteiger partial charge on any atom is -0.469 e. The number of hydrogen-bond donors (Lipinski definition) is 0. The molecule has 0 aromatic heterocycles. The van der Waals surface area contributed by atoms with Gasteiger partial charge in [-0.3, -0.25) is 9.59 Å². The molecule has 0 spiro atoms. The predicted molar refractivity (Wildman–Crippen MR) is 71.7 cm³/mol. The van der Waals surface area contributed by atoms with Crippen LogP contribution in [0.15, 0.2) is 0 Å². The standard InChI is InChI=1S/C14H25NO4/c1-3-4-7-13(16)15(9-8-14(17)18-2)11-12-6-5-10-19-12/h12H,3-11H2,1-2H3. The highest BCUT2D eigenvalue weighted by Crippen LogP contribution is 2.14. The van der Waals surface area contributed by atoms with Crippen molar-refractivity contribution in [3.8, 4) is 0 Å². The lowest BCUT2D eigenvalue weighted by Crippen LogP contribution is -2.38. The lowest BCUT2D eigenvalue weighted by molar-refractivity contribution is -0.142. The number of esters is 1. The molecule has 1 amide bonds. The van der Waals surface area contributed by atoms with E-state index in [4.69, 9.17) is 4.74 Å². The maximum Gasteiger partial charge on any atom is 0.307 e. The number of rotatable bonds is 8. The summed E-state index contributed by atoms with van der Waals surface area (Å²) >= 11 is 0. The lowest BCUT2D eigenvalue weighted by atomic mass is 10.2. The normalized spacial score (nSPS) is 18.3. The van der Waals surface area contributed by atoms with E-state index in [9.17, 15) is 9.59 Å². The monoisotopic (exact) mass is 271 g/mol. The quantitative estimate of drug-likeness (QED) is 0.631. The highest BCUT2D eigenvalue weighted by atomic mass is 16.5. The molecule has 0 N–H and O–H groups in total. The molecule has 110 valence electrons. The fraction of sp³-hybridized carbons (Fsp3) is 0.857. The Bertz CT molecular complexity index is 287. The Morgan fingerprint density at radius 1 is 1.37 bits per heavy atom. The average Bonchev–Trinajstić information content (AvgIpc) is 2.93. The first-order valence-electron chi connectivity index (χ1n) is 7.13. The van der Waals surface area contributed by atoms with Gasteiger partial charge in [0.1, 0.15) is 0 Å². The highest BCUT2D eigenvalue weighted by Gasteiger charge is 2.22. The first-order chi connectivity index (χ1) is 9.17. The number of carbonyl (C=O) groups excluding carboxylic acids is 2. The second-order valence-corrected chi connectivity index (χ2v) is 4.90. The van der Waals surface area contributed by atoms with Crippen LogP contribution in [0, 0.1) is 0 Å². The maximum atomic E-state index is 12.1. The summed E-state index contributed by atoms with van der Waals surface area (Å²) in [7, 11) is 1.37. The molecule has 5 heteroatoms. The van der Waals surface area contributed by atoms with Crippen molar-refractivity contribution in [3.05, 3.63) is 0 Å². The van der Waals surface area contributed by atoms with Crippen LogP contribution in [0.2, 0.25) is 0 Å². The van der Waals surface area contributed by atoms with Gasteiger partial charge in [-0.2, -0.15) is 0 Å². The largest absolute Gasteiger partial charge is 0.469 e. The van der Waals surface area contributed by atoms with Crippen molar-refractivity contribution in [2.45, 2.75) is 51.6 Å². The molecule has 0 aromatic rings. The summed E-state index contributed by atoms with van der Waals surface area (Å²) in [5.41, 5.74) is 0. The van der Waals surface area contributed by atoms with E-state index in [0.717, 1.165) is 32.3 Å². The summed E-state index contributed by atoms with van der Waals surface area (Å²) in [6.45, 7) is 3.86. The Balaban J connectivity index is 2.45. The van der Waals surface area contributed by atoms with E-state index in [1.165, 1.54) is 7.11 Å². The molecule has 1 aliphatic heterocycles. The van der Waals surface area contributed by atoms with E-state index in [1.807, 2.05) is 0 Å². The highest BCUT2D eigenvalue weighted by molar-refractivity contribution is 5.77. The second-order valence-electron chi connectivity index (χ2n) is 4.90. The van der Waals surface area contributed by atoms with Gasteiger partial charge < -0.3 is 14.4 Å². The lowest BCUT2D eigenvalue weighted by Gasteiger charge is -2.25. The fourth-order valence-corrected chi connectivity index (χ4v) is 2.17. The molecular formula is C14H25NO4. The van der Waals surface area contributed by atoms with Gasteiger partial charge in [0.25, 0.3) is 0 Å². The van der Waals surface area contributed by atoms with Crippen molar-refractivity contribution in [2.75, 3.05) is 26.8 Å². The number of carbonyl (C=O) groups is 2. The van der Waals surface area contributed by atoms with E-state index in [-0.39, 0.29) is 24.4 Å². The molecular weight excluding hydrogens is 246 g/mol. The average molecular weight is 271 g/mol. The number of methoxy groups -OCH3 is 1. The van der Waals surface area contributed by atoms with Gasteiger partial charge in [0, 0.05) is 26.1 Å². The smallest absolute Gasteiger partial charge is 0.307 e. The van der Waals surface area contributed by atoms with Crippen LogP contribution in [0.3, 0.4) is 0 Å². The molecule has 0 aromatic carbocycles. The summed E-state index contributed by atoms with van der Waals surface area (Å²) in [5, 5.41) is 0. The zero-order chi connectivity index (χ0) is 14.1. The summed E-state index contributed by atoms with van der Waals surface area (Å²) < 4.78 is 10.2. The van der Waals surface area contributed by atoms with Crippen molar-refractivity contribution in [1.29, 1.82) is 0 Å². The molecule has 1 aliphatic rings. The van der Waals surface area contributed by atoms with Crippen LogP contribution in [0.5, 0.6) is 0 Å². The number of nitrogens with zero attached hydrogens (tertiary/aromatic N) is 1. The first kappa shape index (κ1) is 16.0. The van der Waals surface area contributed by atoms with Gasteiger partial charge in [0.2, 0.25) is 5.91 Å². The molecule has 1 saturated heterocycles. The minimum atomic E-state index is -0.277. The Morgan fingerprint density at radius 2 is 2.16 bits per heavy atom. The molecule has 1 atom stereocenters. The molecule has 0 radical (unpaired) electrons. The molecule has 1 unspecified atom stereocenters. The van der Waals surface area contributed by atoms with Gasteiger partial charge in [-0.15, -0.1) is 0 Å². The summed E-state index contributed by atoms with van der Waals surface area (Å²) in [5.74, 6) is -0.165. The van der Waals surface area contributed by atoms with Gasteiger partial charge >= 0.3 is 5.97 Å². The van der Waals surface area contributed by atoms with E-state index in [0.29, 0.717) is 19.5 Å². The third-order valence-electron chi connectivity index (χ3n) is 3.36.